The second-order valence-corrected chi connectivity index (χ2v) is 4.22. The molecule has 0 atom stereocenters. The molecule has 0 bridgehead atoms. The van der Waals surface area contributed by atoms with Gasteiger partial charge in [-0.15, -0.1) is 0 Å². The Hall–Kier alpha value is -1.98. The molecule has 0 fully saturated rings. The van der Waals surface area contributed by atoms with Crippen LogP contribution in [0.25, 0.3) is 0 Å². The number of benzene rings is 1. The van der Waals surface area contributed by atoms with Crippen LogP contribution in [-0.2, 0) is 6.42 Å². The van der Waals surface area contributed by atoms with Crippen molar-refractivity contribution in [1.29, 1.82) is 0 Å². The van der Waals surface area contributed by atoms with Crippen LogP contribution in [0.1, 0.15) is 37.3 Å². The molecule has 1 aromatic rings. The van der Waals surface area contributed by atoms with E-state index in [1.165, 1.54) is 6.07 Å². The number of hydrogen-bond donors (Lipinski definition) is 0. The van der Waals surface area contributed by atoms with Crippen molar-refractivity contribution in [2.45, 2.75) is 39.5 Å². The van der Waals surface area contributed by atoms with Crippen molar-refractivity contribution in [2.75, 3.05) is 0 Å². The lowest BCUT2D eigenvalue weighted by Gasteiger charge is -2.06. The monoisotopic (exact) mass is 252 g/mol. The molecule has 6 nitrogen and oxygen atoms in total. The van der Waals surface area contributed by atoms with E-state index in [0.29, 0.717) is 17.5 Å². The van der Waals surface area contributed by atoms with Gasteiger partial charge < -0.3 is 0 Å². The Bertz CT molecular complexity index is 471. The molecule has 0 amide bonds. The molecule has 0 aliphatic carbocycles. The quantitative estimate of drug-likeness (QED) is 0.440. The van der Waals surface area contributed by atoms with E-state index < -0.39 is 9.85 Å². The first-order chi connectivity index (χ1) is 8.47. The normalized spacial score (nSPS) is 10.3. The average Bonchev–Trinajstić information content (AvgIpc) is 2.30. The molecule has 0 unspecified atom stereocenters. The first-order valence-corrected chi connectivity index (χ1v) is 5.89. The molecule has 0 N–H and O–H groups in total. The fourth-order valence-corrected chi connectivity index (χ4v) is 1.86. The van der Waals surface area contributed by atoms with Gasteiger partial charge in [0.15, 0.2) is 0 Å². The maximum absolute atomic E-state index is 10.9. The summed E-state index contributed by atoms with van der Waals surface area (Å²) in [7, 11) is 0. The second-order valence-electron chi connectivity index (χ2n) is 4.22. The summed E-state index contributed by atoms with van der Waals surface area (Å²) in [4.78, 5) is 20.5. The average molecular weight is 252 g/mol. The molecule has 18 heavy (non-hydrogen) atoms. The number of nitrogens with zero attached hydrogens (tertiary/aromatic N) is 2. The van der Waals surface area contributed by atoms with Crippen molar-refractivity contribution in [3.05, 3.63) is 43.5 Å². The van der Waals surface area contributed by atoms with Gasteiger partial charge in [0.05, 0.1) is 15.9 Å². The molecular formula is C12H16N2O4. The smallest absolute Gasteiger partial charge is 0.258 e. The Morgan fingerprint density at radius 2 is 1.78 bits per heavy atom. The summed E-state index contributed by atoms with van der Waals surface area (Å²) in [5.74, 6) is 0. The number of hydrogen-bond acceptors (Lipinski definition) is 4. The zero-order chi connectivity index (χ0) is 13.7. The van der Waals surface area contributed by atoms with Gasteiger partial charge in [-0.3, -0.25) is 20.2 Å². The summed E-state index contributed by atoms with van der Waals surface area (Å²) in [6.45, 7) is 3.70. The summed E-state index contributed by atoms with van der Waals surface area (Å²) < 4.78 is 0. The Balaban J connectivity index is 3.14. The van der Waals surface area contributed by atoms with Crippen molar-refractivity contribution in [3.63, 3.8) is 0 Å². The highest BCUT2D eigenvalue weighted by Crippen LogP contribution is 2.28. The molecule has 0 aliphatic heterocycles. The van der Waals surface area contributed by atoms with Crippen LogP contribution in [0.3, 0.4) is 0 Å². The van der Waals surface area contributed by atoms with Crippen molar-refractivity contribution in [3.8, 4) is 0 Å². The second kappa shape index (κ2) is 6.09. The van der Waals surface area contributed by atoms with Gasteiger partial charge in [0.25, 0.3) is 11.4 Å². The van der Waals surface area contributed by atoms with Crippen molar-refractivity contribution in [1.82, 2.24) is 0 Å². The number of non-ortho nitro benzene ring substituents is 1. The van der Waals surface area contributed by atoms with Crippen LogP contribution in [0.4, 0.5) is 11.4 Å². The minimum Gasteiger partial charge on any atom is -0.258 e. The minimum absolute atomic E-state index is 0.171. The summed E-state index contributed by atoms with van der Waals surface area (Å²) in [5, 5.41) is 21.6. The van der Waals surface area contributed by atoms with Crippen LogP contribution in [0.5, 0.6) is 0 Å². The van der Waals surface area contributed by atoms with E-state index in [4.69, 9.17) is 0 Å². The summed E-state index contributed by atoms with van der Waals surface area (Å²) in [6, 6.07) is 2.47. The third-order valence-electron chi connectivity index (χ3n) is 2.93. The molecule has 0 spiro atoms. The van der Waals surface area contributed by atoms with Gasteiger partial charge in [-0.05, 0) is 25.3 Å². The van der Waals surface area contributed by atoms with Gasteiger partial charge in [-0.2, -0.15) is 0 Å². The van der Waals surface area contributed by atoms with Gasteiger partial charge >= 0.3 is 0 Å². The van der Waals surface area contributed by atoms with Crippen LogP contribution >= 0.6 is 0 Å². The highest BCUT2D eigenvalue weighted by Gasteiger charge is 2.20. The molecule has 1 aromatic carbocycles. The fraction of sp³-hybridized carbons (Fsp3) is 0.500. The Kier molecular flexibility index (Phi) is 4.76. The number of unbranched alkanes of at least 4 members (excludes halogenated alkanes) is 2. The zero-order valence-corrected chi connectivity index (χ0v) is 10.5. The molecule has 6 heteroatoms. The van der Waals surface area contributed by atoms with Crippen LogP contribution in [-0.4, -0.2) is 9.85 Å². The predicted octanol–water partition coefficient (Wildman–Crippen LogP) is 3.54. The SMILES string of the molecule is CCCCCc1cc([N+](=O)[O-])cc([N+](=O)[O-])c1C. The van der Waals surface area contributed by atoms with E-state index in [0.717, 1.165) is 25.3 Å². The highest BCUT2D eigenvalue weighted by molar-refractivity contribution is 5.53. The topological polar surface area (TPSA) is 86.3 Å². The van der Waals surface area contributed by atoms with Crippen molar-refractivity contribution >= 4 is 11.4 Å². The maximum Gasteiger partial charge on any atom is 0.279 e. The van der Waals surface area contributed by atoms with Crippen molar-refractivity contribution in [2.24, 2.45) is 0 Å². The summed E-state index contributed by atoms with van der Waals surface area (Å²) in [5.41, 5.74) is 0.848. The molecular weight excluding hydrogens is 236 g/mol. The lowest BCUT2D eigenvalue weighted by atomic mass is 10.00. The van der Waals surface area contributed by atoms with Gasteiger partial charge in [0.2, 0.25) is 0 Å². The van der Waals surface area contributed by atoms with Gasteiger partial charge in [0, 0.05) is 11.6 Å². The molecule has 0 radical (unpaired) electrons. The molecule has 1 rings (SSSR count). The Labute approximate surface area is 105 Å². The lowest BCUT2D eigenvalue weighted by Crippen LogP contribution is -2.00. The lowest BCUT2D eigenvalue weighted by molar-refractivity contribution is -0.394. The molecule has 0 saturated carbocycles. The number of aryl methyl sites for hydroxylation is 1. The fourth-order valence-electron chi connectivity index (χ4n) is 1.86. The summed E-state index contributed by atoms with van der Waals surface area (Å²) in [6.07, 6.45) is 3.57. The van der Waals surface area contributed by atoms with Gasteiger partial charge in [-0.1, -0.05) is 19.8 Å². The molecule has 98 valence electrons. The van der Waals surface area contributed by atoms with E-state index in [1.807, 2.05) is 0 Å². The minimum atomic E-state index is -0.588. The molecule has 0 aromatic heterocycles. The first-order valence-electron chi connectivity index (χ1n) is 5.89. The van der Waals surface area contributed by atoms with Gasteiger partial charge in [0.1, 0.15) is 0 Å². The number of nitro groups is 2. The van der Waals surface area contributed by atoms with Crippen molar-refractivity contribution < 1.29 is 9.85 Å². The maximum atomic E-state index is 10.9. The first kappa shape index (κ1) is 14.1. The number of nitro benzene ring substituents is 2. The number of rotatable bonds is 6. The van der Waals surface area contributed by atoms with E-state index in [-0.39, 0.29) is 11.4 Å². The molecule has 0 aliphatic rings. The predicted molar refractivity (Wildman–Crippen MR) is 67.7 cm³/mol. The third kappa shape index (κ3) is 3.26. The zero-order valence-electron chi connectivity index (χ0n) is 10.5. The third-order valence-corrected chi connectivity index (χ3v) is 2.93. The van der Waals surface area contributed by atoms with E-state index in [1.54, 1.807) is 6.92 Å². The van der Waals surface area contributed by atoms with Crippen LogP contribution in [0.2, 0.25) is 0 Å². The van der Waals surface area contributed by atoms with Crippen LogP contribution < -0.4 is 0 Å². The summed E-state index contributed by atoms with van der Waals surface area (Å²) >= 11 is 0. The van der Waals surface area contributed by atoms with E-state index in [9.17, 15) is 20.2 Å². The standard InChI is InChI=1S/C12H16N2O4/c1-3-4-5-6-10-7-11(13(15)16)8-12(9(10)2)14(17)18/h7-8H,3-6H2,1-2H3. The van der Waals surface area contributed by atoms with E-state index >= 15 is 0 Å². The molecule has 0 saturated heterocycles. The van der Waals surface area contributed by atoms with Crippen LogP contribution in [0.15, 0.2) is 12.1 Å². The Morgan fingerprint density at radius 3 is 2.28 bits per heavy atom. The Morgan fingerprint density at radius 1 is 1.11 bits per heavy atom. The van der Waals surface area contributed by atoms with Gasteiger partial charge in [-0.25, -0.2) is 0 Å². The van der Waals surface area contributed by atoms with E-state index in [2.05, 4.69) is 6.92 Å². The highest BCUT2D eigenvalue weighted by atomic mass is 16.6. The molecule has 0 heterocycles. The van der Waals surface area contributed by atoms with Crippen LogP contribution in [0, 0.1) is 27.2 Å². The largest absolute Gasteiger partial charge is 0.279 e.